The van der Waals surface area contributed by atoms with E-state index in [1.54, 1.807) is 0 Å². The molecule has 102 valence electrons. The number of benzene rings is 1. The monoisotopic (exact) mass is 259 g/mol. The van der Waals surface area contributed by atoms with Crippen LogP contribution in [0.2, 0.25) is 0 Å². The SMILES string of the molecule is CN(CC1CCCOC1)c1ccc(CN)cc1C#N. The van der Waals surface area contributed by atoms with Gasteiger partial charge in [-0.1, -0.05) is 6.07 Å². The highest BCUT2D eigenvalue weighted by atomic mass is 16.5. The Morgan fingerprint density at radius 2 is 2.37 bits per heavy atom. The maximum Gasteiger partial charge on any atom is 0.101 e. The fourth-order valence-corrected chi connectivity index (χ4v) is 2.57. The number of nitrogens with two attached hydrogens (primary N) is 1. The first-order valence-corrected chi connectivity index (χ1v) is 6.76. The van der Waals surface area contributed by atoms with Gasteiger partial charge in [0.25, 0.3) is 0 Å². The molecule has 0 amide bonds. The van der Waals surface area contributed by atoms with E-state index in [1.807, 2.05) is 25.2 Å². The third kappa shape index (κ3) is 3.46. The van der Waals surface area contributed by atoms with Crippen molar-refractivity contribution in [3.05, 3.63) is 29.3 Å². The van der Waals surface area contributed by atoms with Crippen LogP contribution in [-0.2, 0) is 11.3 Å². The van der Waals surface area contributed by atoms with Crippen LogP contribution in [0.3, 0.4) is 0 Å². The summed E-state index contributed by atoms with van der Waals surface area (Å²) in [5.41, 5.74) is 8.28. The molecule has 0 aromatic heterocycles. The smallest absolute Gasteiger partial charge is 0.101 e. The van der Waals surface area contributed by atoms with Crippen molar-refractivity contribution < 1.29 is 4.74 Å². The second-order valence-electron chi connectivity index (χ2n) is 5.13. The third-order valence-corrected chi connectivity index (χ3v) is 3.62. The van der Waals surface area contributed by atoms with Crippen LogP contribution in [0, 0.1) is 17.2 Å². The zero-order valence-corrected chi connectivity index (χ0v) is 11.4. The van der Waals surface area contributed by atoms with E-state index in [2.05, 4.69) is 11.0 Å². The summed E-state index contributed by atoms with van der Waals surface area (Å²) in [5, 5.41) is 9.25. The summed E-state index contributed by atoms with van der Waals surface area (Å²) in [6.45, 7) is 3.10. The van der Waals surface area contributed by atoms with Gasteiger partial charge >= 0.3 is 0 Å². The second kappa shape index (κ2) is 6.55. The Morgan fingerprint density at radius 1 is 1.53 bits per heavy atom. The number of anilines is 1. The van der Waals surface area contributed by atoms with E-state index in [4.69, 9.17) is 10.5 Å². The van der Waals surface area contributed by atoms with Gasteiger partial charge in [-0.15, -0.1) is 0 Å². The van der Waals surface area contributed by atoms with Gasteiger partial charge in [0.05, 0.1) is 17.9 Å². The minimum atomic E-state index is 0.467. The highest BCUT2D eigenvalue weighted by Crippen LogP contribution is 2.23. The fourth-order valence-electron chi connectivity index (χ4n) is 2.57. The molecule has 1 heterocycles. The summed E-state index contributed by atoms with van der Waals surface area (Å²) in [5.74, 6) is 0.555. The van der Waals surface area contributed by atoms with Crippen molar-refractivity contribution in [3.63, 3.8) is 0 Å². The van der Waals surface area contributed by atoms with E-state index >= 15 is 0 Å². The minimum absolute atomic E-state index is 0.467. The van der Waals surface area contributed by atoms with Crippen LogP contribution in [0.4, 0.5) is 5.69 Å². The predicted molar refractivity (Wildman–Crippen MR) is 75.9 cm³/mol. The van der Waals surface area contributed by atoms with Gasteiger partial charge in [-0.3, -0.25) is 0 Å². The van der Waals surface area contributed by atoms with Crippen molar-refractivity contribution in [2.24, 2.45) is 11.7 Å². The van der Waals surface area contributed by atoms with Crippen molar-refractivity contribution >= 4 is 5.69 Å². The number of hydrogen-bond acceptors (Lipinski definition) is 4. The average molecular weight is 259 g/mol. The molecule has 1 fully saturated rings. The van der Waals surface area contributed by atoms with Gasteiger partial charge in [-0.25, -0.2) is 0 Å². The lowest BCUT2D eigenvalue weighted by atomic mass is 10.0. The molecule has 0 spiro atoms. The molecule has 4 nitrogen and oxygen atoms in total. The molecule has 1 atom stereocenters. The summed E-state index contributed by atoms with van der Waals surface area (Å²) in [4.78, 5) is 2.15. The van der Waals surface area contributed by atoms with E-state index in [0.29, 0.717) is 18.0 Å². The number of rotatable bonds is 4. The molecular weight excluding hydrogens is 238 g/mol. The van der Waals surface area contributed by atoms with Crippen LogP contribution in [0.15, 0.2) is 18.2 Å². The number of ether oxygens (including phenoxy) is 1. The zero-order chi connectivity index (χ0) is 13.7. The highest BCUT2D eigenvalue weighted by molar-refractivity contribution is 5.60. The minimum Gasteiger partial charge on any atom is -0.381 e. The molecule has 1 aromatic rings. The Bertz CT molecular complexity index is 461. The highest BCUT2D eigenvalue weighted by Gasteiger charge is 2.17. The maximum absolute atomic E-state index is 9.25. The van der Waals surface area contributed by atoms with E-state index in [1.165, 1.54) is 6.42 Å². The number of hydrogen-bond donors (Lipinski definition) is 1. The van der Waals surface area contributed by atoms with Crippen LogP contribution >= 0.6 is 0 Å². The lowest BCUT2D eigenvalue weighted by Gasteiger charge is -2.29. The van der Waals surface area contributed by atoms with Gasteiger partial charge in [0, 0.05) is 26.7 Å². The van der Waals surface area contributed by atoms with Crippen molar-refractivity contribution in [3.8, 4) is 6.07 Å². The molecule has 1 aliphatic heterocycles. The molecule has 0 radical (unpaired) electrons. The molecular formula is C15H21N3O. The summed E-state index contributed by atoms with van der Waals surface area (Å²) in [6.07, 6.45) is 2.34. The summed E-state index contributed by atoms with van der Waals surface area (Å²) in [6, 6.07) is 8.12. The van der Waals surface area contributed by atoms with Gasteiger partial charge in [-0.2, -0.15) is 5.26 Å². The lowest BCUT2D eigenvalue weighted by molar-refractivity contribution is 0.0576. The molecule has 0 aliphatic carbocycles. The van der Waals surface area contributed by atoms with E-state index in [-0.39, 0.29) is 0 Å². The van der Waals surface area contributed by atoms with E-state index in [0.717, 1.165) is 37.4 Å². The average Bonchev–Trinajstić information content (AvgIpc) is 2.47. The van der Waals surface area contributed by atoms with Crippen LogP contribution in [-0.4, -0.2) is 26.8 Å². The van der Waals surface area contributed by atoms with Crippen molar-refractivity contribution in [2.75, 3.05) is 31.7 Å². The molecule has 0 bridgehead atoms. The zero-order valence-electron chi connectivity index (χ0n) is 11.4. The second-order valence-corrected chi connectivity index (χ2v) is 5.13. The number of nitriles is 1. The predicted octanol–water partition coefficient (Wildman–Crippen LogP) is 1.88. The van der Waals surface area contributed by atoms with Gasteiger partial charge in [0.1, 0.15) is 6.07 Å². The molecule has 1 unspecified atom stereocenters. The van der Waals surface area contributed by atoms with Crippen molar-refractivity contribution in [1.82, 2.24) is 0 Å². The standard InChI is InChI=1S/C15H21N3O/c1-18(10-13-3-2-6-19-11-13)15-5-4-12(8-16)7-14(15)9-17/h4-5,7,13H,2-3,6,8,10-11,16H2,1H3. The first kappa shape index (κ1) is 13.9. The molecule has 1 aromatic carbocycles. The summed E-state index contributed by atoms with van der Waals surface area (Å²) < 4.78 is 5.50. The Kier molecular flexibility index (Phi) is 4.78. The molecule has 1 saturated heterocycles. The molecule has 4 heteroatoms. The van der Waals surface area contributed by atoms with E-state index in [9.17, 15) is 5.26 Å². The summed E-state index contributed by atoms with van der Waals surface area (Å²) >= 11 is 0. The van der Waals surface area contributed by atoms with Crippen LogP contribution in [0.25, 0.3) is 0 Å². The third-order valence-electron chi connectivity index (χ3n) is 3.62. The molecule has 2 rings (SSSR count). The van der Waals surface area contributed by atoms with Crippen LogP contribution in [0.5, 0.6) is 0 Å². The number of nitrogens with zero attached hydrogens (tertiary/aromatic N) is 2. The maximum atomic E-state index is 9.25. The topological polar surface area (TPSA) is 62.3 Å². The van der Waals surface area contributed by atoms with Gasteiger partial charge in [0.15, 0.2) is 0 Å². The van der Waals surface area contributed by atoms with Gasteiger partial charge in [-0.05, 0) is 36.5 Å². The fraction of sp³-hybridized carbons (Fsp3) is 0.533. The lowest BCUT2D eigenvalue weighted by Crippen LogP contribution is -2.31. The molecule has 0 saturated carbocycles. The van der Waals surface area contributed by atoms with Gasteiger partial charge in [0.2, 0.25) is 0 Å². The van der Waals surface area contributed by atoms with E-state index < -0.39 is 0 Å². The summed E-state index contributed by atoms with van der Waals surface area (Å²) in [7, 11) is 2.03. The van der Waals surface area contributed by atoms with Crippen LogP contribution in [0.1, 0.15) is 24.0 Å². The Hall–Kier alpha value is -1.57. The normalized spacial score (nSPS) is 18.9. The largest absolute Gasteiger partial charge is 0.381 e. The Balaban J connectivity index is 2.09. The van der Waals surface area contributed by atoms with Crippen molar-refractivity contribution in [1.29, 1.82) is 5.26 Å². The first-order valence-electron chi connectivity index (χ1n) is 6.76. The molecule has 2 N–H and O–H groups in total. The quantitative estimate of drug-likeness (QED) is 0.896. The Labute approximate surface area is 114 Å². The molecule has 19 heavy (non-hydrogen) atoms. The van der Waals surface area contributed by atoms with Crippen LogP contribution < -0.4 is 10.6 Å². The Morgan fingerprint density at radius 3 is 3.00 bits per heavy atom. The molecule has 1 aliphatic rings. The van der Waals surface area contributed by atoms with Gasteiger partial charge < -0.3 is 15.4 Å². The van der Waals surface area contributed by atoms with Crippen molar-refractivity contribution in [2.45, 2.75) is 19.4 Å². The first-order chi connectivity index (χ1) is 9.24.